The van der Waals surface area contributed by atoms with Crippen LogP contribution in [0, 0.1) is 6.92 Å². The Bertz CT molecular complexity index is 756. The van der Waals surface area contributed by atoms with E-state index >= 15 is 0 Å². The summed E-state index contributed by atoms with van der Waals surface area (Å²) in [4.78, 5) is 27.6. The van der Waals surface area contributed by atoms with Crippen LogP contribution in [0.4, 0.5) is 5.69 Å². The lowest BCUT2D eigenvalue weighted by atomic mass is 10.1. The summed E-state index contributed by atoms with van der Waals surface area (Å²) in [5.41, 5.74) is 1.65. The number of fused-ring (bicyclic) bond motifs is 1. The normalized spacial score (nSPS) is 16.2. The van der Waals surface area contributed by atoms with Crippen molar-refractivity contribution in [2.24, 2.45) is 0 Å². The molecular weight excluding hydrogens is 324 g/mol. The summed E-state index contributed by atoms with van der Waals surface area (Å²) in [7, 11) is 0. The van der Waals surface area contributed by atoms with Gasteiger partial charge in [-0.15, -0.1) is 11.3 Å². The molecule has 6 heteroatoms. The Balaban J connectivity index is 1.91. The van der Waals surface area contributed by atoms with E-state index in [0.717, 1.165) is 12.0 Å². The van der Waals surface area contributed by atoms with Crippen LogP contribution in [0.25, 0.3) is 0 Å². The molecule has 0 saturated heterocycles. The van der Waals surface area contributed by atoms with E-state index in [1.807, 2.05) is 43.5 Å². The van der Waals surface area contributed by atoms with Crippen molar-refractivity contribution in [1.82, 2.24) is 5.32 Å². The standard InChI is InChI=1S/C18H20N2O3S/c1-3-9-19-17(21)15-11-20(13-6-4-5-7-14(13)23-15)18(22)16-12(2)8-10-24-16/h4-8,10,15H,3,9,11H2,1-2H3,(H,19,21). The number of nitrogens with one attached hydrogen (secondary N) is 1. The van der Waals surface area contributed by atoms with Crippen LogP contribution < -0.4 is 15.0 Å². The van der Waals surface area contributed by atoms with Crippen molar-refractivity contribution in [3.8, 4) is 5.75 Å². The molecule has 0 fully saturated rings. The number of rotatable bonds is 4. The summed E-state index contributed by atoms with van der Waals surface area (Å²) in [5, 5.41) is 4.74. The van der Waals surface area contributed by atoms with Gasteiger partial charge in [-0.25, -0.2) is 0 Å². The fourth-order valence-corrected chi connectivity index (χ4v) is 3.51. The van der Waals surface area contributed by atoms with Crippen molar-refractivity contribution in [1.29, 1.82) is 0 Å². The average Bonchev–Trinajstić information content (AvgIpc) is 3.04. The Morgan fingerprint density at radius 3 is 2.83 bits per heavy atom. The summed E-state index contributed by atoms with van der Waals surface area (Å²) in [6.45, 7) is 4.72. The molecule has 1 N–H and O–H groups in total. The van der Waals surface area contributed by atoms with Crippen molar-refractivity contribution >= 4 is 28.8 Å². The van der Waals surface area contributed by atoms with Crippen molar-refractivity contribution < 1.29 is 14.3 Å². The molecule has 24 heavy (non-hydrogen) atoms. The molecule has 0 bridgehead atoms. The first kappa shape index (κ1) is 16.5. The number of ether oxygens (including phenoxy) is 1. The van der Waals surface area contributed by atoms with Gasteiger partial charge in [-0.2, -0.15) is 0 Å². The third-order valence-corrected chi connectivity index (χ3v) is 4.92. The fraction of sp³-hybridized carbons (Fsp3) is 0.333. The zero-order valence-corrected chi connectivity index (χ0v) is 14.6. The predicted octanol–water partition coefficient (Wildman–Crippen LogP) is 2.99. The number of para-hydroxylation sites is 2. The molecule has 1 aromatic carbocycles. The molecule has 0 radical (unpaired) electrons. The van der Waals surface area contributed by atoms with Gasteiger partial charge in [0.1, 0.15) is 5.75 Å². The topological polar surface area (TPSA) is 58.6 Å². The van der Waals surface area contributed by atoms with Gasteiger partial charge in [0.15, 0.2) is 6.10 Å². The Kier molecular flexibility index (Phi) is 4.85. The second-order valence-corrected chi connectivity index (χ2v) is 6.63. The molecule has 126 valence electrons. The molecule has 0 saturated carbocycles. The number of hydrogen-bond acceptors (Lipinski definition) is 4. The second kappa shape index (κ2) is 7.05. The van der Waals surface area contributed by atoms with Crippen LogP contribution in [0.5, 0.6) is 5.75 Å². The minimum absolute atomic E-state index is 0.0912. The maximum atomic E-state index is 13.0. The average molecular weight is 344 g/mol. The molecule has 2 heterocycles. The molecule has 0 spiro atoms. The van der Waals surface area contributed by atoms with Crippen molar-refractivity contribution in [2.45, 2.75) is 26.4 Å². The SMILES string of the molecule is CCCNC(=O)C1CN(C(=O)c2sccc2C)c2ccccc2O1. The maximum Gasteiger partial charge on any atom is 0.268 e. The van der Waals surface area contributed by atoms with Gasteiger partial charge < -0.3 is 10.1 Å². The summed E-state index contributed by atoms with van der Waals surface area (Å²) in [6.07, 6.45) is 0.155. The van der Waals surface area contributed by atoms with E-state index in [9.17, 15) is 9.59 Å². The molecule has 2 aromatic rings. The van der Waals surface area contributed by atoms with Gasteiger partial charge in [-0.1, -0.05) is 19.1 Å². The monoisotopic (exact) mass is 344 g/mol. The van der Waals surface area contributed by atoms with Gasteiger partial charge in [0.2, 0.25) is 0 Å². The molecule has 2 amide bonds. The number of anilines is 1. The van der Waals surface area contributed by atoms with Crippen LogP contribution in [-0.2, 0) is 4.79 Å². The number of aryl methyl sites for hydroxylation is 1. The molecule has 1 aliphatic heterocycles. The van der Waals surface area contributed by atoms with Gasteiger partial charge in [-0.05, 0) is 42.5 Å². The Morgan fingerprint density at radius 1 is 1.33 bits per heavy atom. The van der Waals surface area contributed by atoms with E-state index in [4.69, 9.17) is 4.74 Å². The first-order chi connectivity index (χ1) is 11.6. The smallest absolute Gasteiger partial charge is 0.268 e. The van der Waals surface area contributed by atoms with Crippen LogP contribution in [-0.4, -0.2) is 31.0 Å². The van der Waals surface area contributed by atoms with E-state index in [1.165, 1.54) is 11.3 Å². The number of amides is 2. The number of hydrogen-bond donors (Lipinski definition) is 1. The van der Waals surface area contributed by atoms with Crippen molar-refractivity contribution in [2.75, 3.05) is 18.0 Å². The lowest BCUT2D eigenvalue weighted by Gasteiger charge is -2.34. The molecule has 3 rings (SSSR count). The minimum atomic E-state index is -0.698. The molecule has 1 unspecified atom stereocenters. The number of thiophene rings is 1. The third-order valence-electron chi connectivity index (χ3n) is 3.92. The van der Waals surface area contributed by atoms with Crippen LogP contribution in [0.3, 0.4) is 0 Å². The van der Waals surface area contributed by atoms with E-state index in [-0.39, 0.29) is 18.4 Å². The first-order valence-electron chi connectivity index (χ1n) is 8.01. The summed E-state index contributed by atoms with van der Waals surface area (Å²) in [5.74, 6) is 0.279. The molecule has 1 aromatic heterocycles. The Hall–Kier alpha value is -2.34. The van der Waals surface area contributed by atoms with Crippen molar-refractivity contribution in [3.05, 3.63) is 46.2 Å². The van der Waals surface area contributed by atoms with Crippen LogP contribution in [0.1, 0.15) is 28.6 Å². The van der Waals surface area contributed by atoms with Crippen molar-refractivity contribution in [3.63, 3.8) is 0 Å². The van der Waals surface area contributed by atoms with Crippen LogP contribution in [0.15, 0.2) is 35.7 Å². The summed E-state index contributed by atoms with van der Waals surface area (Å²) in [6, 6.07) is 9.26. The number of nitrogens with zero attached hydrogens (tertiary/aromatic N) is 1. The minimum Gasteiger partial charge on any atom is -0.477 e. The first-order valence-corrected chi connectivity index (χ1v) is 8.89. The zero-order valence-electron chi connectivity index (χ0n) is 13.7. The van der Waals surface area contributed by atoms with Crippen LogP contribution in [0.2, 0.25) is 0 Å². The van der Waals surface area contributed by atoms with Gasteiger partial charge in [0, 0.05) is 6.54 Å². The second-order valence-electron chi connectivity index (χ2n) is 5.71. The quantitative estimate of drug-likeness (QED) is 0.928. The molecule has 1 atom stereocenters. The number of carbonyl (C=O) groups excluding carboxylic acids is 2. The molecule has 5 nitrogen and oxygen atoms in total. The highest BCUT2D eigenvalue weighted by Crippen LogP contribution is 2.35. The van der Waals surface area contributed by atoms with Gasteiger partial charge in [0.05, 0.1) is 17.1 Å². The van der Waals surface area contributed by atoms with Crippen LogP contribution >= 0.6 is 11.3 Å². The lowest BCUT2D eigenvalue weighted by molar-refractivity contribution is -0.127. The Labute approximate surface area is 145 Å². The van der Waals surface area contributed by atoms with Gasteiger partial charge >= 0.3 is 0 Å². The maximum absolute atomic E-state index is 13.0. The molecule has 1 aliphatic rings. The lowest BCUT2D eigenvalue weighted by Crippen LogP contribution is -2.50. The number of carbonyl (C=O) groups is 2. The molecule has 0 aliphatic carbocycles. The highest BCUT2D eigenvalue weighted by molar-refractivity contribution is 7.12. The number of benzene rings is 1. The van der Waals surface area contributed by atoms with Gasteiger partial charge in [0.25, 0.3) is 11.8 Å². The summed E-state index contributed by atoms with van der Waals surface area (Å²) >= 11 is 1.42. The van der Waals surface area contributed by atoms with E-state index in [1.54, 1.807) is 11.0 Å². The summed E-state index contributed by atoms with van der Waals surface area (Å²) < 4.78 is 5.82. The largest absolute Gasteiger partial charge is 0.477 e. The van der Waals surface area contributed by atoms with E-state index < -0.39 is 6.10 Å². The van der Waals surface area contributed by atoms with E-state index in [2.05, 4.69) is 5.32 Å². The fourth-order valence-electron chi connectivity index (χ4n) is 2.64. The highest BCUT2D eigenvalue weighted by Gasteiger charge is 2.34. The third kappa shape index (κ3) is 3.14. The van der Waals surface area contributed by atoms with E-state index in [0.29, 0.717) is 22.9 Å². The Morgan fingerprint density at radius 2 is 2.12 bits per heavy atom. The molecular formula is C18H20N2O3S. The van der Waals surface area contributed by atoms with Gasteiger partial charge in [-0.3, -0.25) is 14.5 Å². The predicted molar refractivity (Wildman–Crippen MR) is 94.9 cm³/mol. The zero-order chi connectivity index (χ0) is 17.1. The highest BCUT2D eigenvalue weighted by atomic mass is 32.1.